The molecule has 1 unspecified atom stereocenters. The lowest BCUT2D eigenvalue weighted by Crippen LogP contribution is -2.59. The Balaban J connectivity index is 1.96. The van der Waals surface area contributed by atoms with Crippen LogP contribution in [0.15, 0.2) is 42.5 Å². The first-order valence-electron chi connectivity index (χ1n) is 7.25. The van der Waals surface area contributed by atoms with Crippen molar-refractivity contribution >= 4 is 32.8 Å². The van der Waals surface area contributed by atoms with E-state index in [0.717, 1.165) is 10.3 Å². The number of urea groups is 1. The van der Waals surface area contributed by atoms with Crippen LogP contribution in [-0.2, 0) is 14.9 Å². The fraction of sp³-hybridized carbons (Fsp3) is 0.250. The van der Waals surface area contributed by atoms with Crippen molar-refractivity contribution in [1.29, 1.82) is 0 Å². The maximum atomic E-state index is 12.6. The third-order valence-corrected chi connectivity index (χ3v) is 5.42. The molecule has 1 atom stereocenters. The van der Waals surface area contributed by atoms with Gasteiger partial charge in [-0.1, -0.05) is 36.4 Å². The summed E-state index contributed by atoms with van der Waals surface area (Å²) in [4.78, 5) is 25.9. The molecule has 0 saturated carbocycles. The van der Waals surface area contributed by atoms with Crippen molar-refractivity contribution in [2.75, 3.05) is 20.6 Å². The number of benzene rings is 2. The molecule has 3 amide bonds. The molecule has 0 radical (unpaired) electrons. The topological polar surface area (TPSA) is 84.0 Å². The standard InChI is InChI=1S/C16H16N2O5S/c1-17-10-14(15(19)18(2)16(17)20)24(21,22)23-13-9-5-7-11-6-3-4-8-12(11)13/h3-9,14H,10H2,1-2H3. The van der Waals surface area contributed by atoms with E-state index in [-0.39, 0.29) is 12.3 Å². The van der Waals surface area contributed by atoms with Gasteiger partial charge >= 0.3 is 16.1 Å². The first-order valence-corrected chi connectivity index (χ1v) is 8.72. The Morgan fingerprint density at radius 1 is 1.04 bits per heavy atom. The van der Waals surface area contributed by atoms with Gasteiger partial charge in [0.15, 0.2) is 5.25 Å². The Labute approximate surface area is 139 Å². The summed E-state index contributed by atoms with van der Waals surface area (Å²) in [5, 5.41) is -0.00151. The van der Waals surface area contributed by atoms with Crippen molar-refractivity contribution in [3.05, 3.63) is 42.5 Å². The number of hydrogen-bond donors (Lipinski definition) is 0. The molecular weight excluding hydrogens is 332 g/mol. The molecule has 126 valence electrons. The van der Waals surface area contributed by atoms with Crippen LogP contribution < -0.4 is 4.18 Å². The highest BCUT2D eigenvalue weighted by molar-refractivity contribution is 7.88. The van der Waals surface area contributed by atoms with Crippen LogP contribution in [0, 0.1) is 0 Å². The molecule has 1 heterocycles. The number of amides is 3. The number of carbonyl (C=O) groups excluding carboxylic acids is 2. The lowest BCUT2D eigenvalue weighted by Gasteiger charge is -2.33. The van der Waals surface area contributed by atoms with Crippen LogP contribution in [-0.4, -0.2) is 56.0 Å². The summed E-state index contributed by atoms with van der Waals surface area (Å²) in [6, 6.07) is 11.7. The highest BCUT2D eigenvalue weighted by atomic mass is 32.2. The lowest BCUT2D eigenvalue weighted by atomic mass is 10.1. The second-order valence-corrected chi connectivity index (χ2v) is 7.32. The third kappa shape index (κ3) is 2.69. The fourth-order valence-electron chi connectivity index (χ4n) is 2.64. The van der Waals surface area contributed by atoms with Crippen LogP contribution in [0.2, 0.25) is 0 Å². The number of hydrogen-bond acceptors (Lipinski definition) is 5. The van der Waals surface area contributed by atoms with Crippen molar-refractivity contribution in [2.45, 2.75) is 5.25 Å². The van der Waals surface area contributed by atoms with Gasteiger partial charge in [0.05, 0.1) is 6.54 Å². The van der Waals surface area contributed by atoms with Crippen molar-refractivity contribution < 1.29 is 22.2 Å². The molecule has 2 aromatic rings. The summed E-state index contributed by atoms with van der Waals surface area (Å²) in [7, 11) is -1.56. The molecule has 0 bridgehead atoms. The molecule has 1 aliphatic rings. The number of imide groups is 1. The molecule has 0 aliphatic carbocycles. The van der Waals surface area contributed by atoms with Gasteiger partial charge in [-0.3, -0.25) is 9.69 Å². The number of rotatable bonds is 3. The molecular formula is C16H16N2O5S. The molecule has 2 aromatic carbocycles. The Morgan fingerprint density at radius 3 is 2.46 bits per heavy atom. The van der Waals surface area contributed by atoms with Gasteiger partial charge < -0.3 is 9.08 Å². The highest BCUT2D eigenvalue weighted by Gasteiger charge is 2.44. The van der Waals surface area contributed by atoms with Crippen LogP contribution in [0.4, 0.5) is 4.79 Å². The van der Waals surface area contributed by atoms with E-state index >= 15 is 0 Å². The molecule has 0 N–H and O–H groups in total. The molecule has 7 nitrogen and oxygen atoms in total. The van der Waals surface area contributed by atoms with Gasteiger partial charge in [-0.05, 0) is 11.5 Å². The van der Waals surface area contributed by atoms with Crippen molar-refractivity contribution in [3.63, 3.8) is 0 Å². The van der Waals surface area contributed by atoms with E-state index in [1.165, 1.54) is 25.1 Å². The summed E-state index contributed by atoms with van der Waals surface area (Å²) in [6.45, 7) is -0.241. The summed E-state index contributed by atoms with van der Waals surface area (Å²) in [5.74, 6) is -0.638. The molecule has 3 rings (SSSR count). The maximum Gasteiger partial charge on any atom is 0.326 e. The number of carbonyl (C=O) groups is 2. The average molecular weight is 348 g/mol. The summed E-state index contributed by atoms with van der Waals surface area (Å²) in [6.07, 6.45) is 0. The normalized spacial score (nSPS) is 19.0. The highest BCUT2D eigenvalue weighted by Crippen LogP contribution is 2.28. The molecule has 24 heavy (non-hydrogen) atoms. The van der Waals surface area contributed by atoms with E-state index < -0.39 is 27.3 Å². The maximum absolute atomic E-state index is 12.6. The van der Waals surface area contributed by atoms with E-state index in [2.05, 4.69) is 0 Å². The predicted octanol–water partition coefficient (Wildman–Crippen LogP) is 1.44. The molecule has 0 aromatic heterocycles. The van der Waals surface area contributed by atoms with Crippen LogP contribution in [0.25, 0.3) is 10.8 Å². The van der Waals surface area contributed by atoms with E-state index in [1.54, 1.807) is 18.2 Å². The minimum atomic E-state index is -4.25. The monoisotopic (exact) mass is 348 g/mol. The Hall–Kier alpha value is -2.61. The van der Waals surface area contributed by atoms with Crippen molar-refractivity contribution in [2.24, 2.45) is 0 Å². The van der Waals surface area contributed by atoms with Gasteiger partial charge in [0.2, 0.25) is 0 Å². The first kappa shape index (κ1) is 16.3. The van der Waals surface area contributed by atoms with Crippen molar-refractivity contribution in [1.82, 2.24) is 9.80 Å². The van der Waals surface area contributed by atoms with Crippen LogP contribution >= 0.6 is 0 Å². The second kappa shape index (κ2) is 5.79. The first-order chi connectivity index (χ1) is 11.3. The lowest BCUT2D eigenvalue weighted by molar-refractivity contribution is -0.129. The van der Waals surface area contributed by atoms with E-state index in [4.69, 9.17) is 4.18 Å². The van der Waals surface area contributed by atoms with Crippen LogP contribution in [0.1, 0.15) is 0 Å². The van der Waals surface area contributed by atoms with Crippen LogP contribution in [0.5, 0.6) is 5.75 Å². The van der Waals surface area contributed by atoms with Gasteiger partial charge in [0.1, 0.15) is 5.75 Å². The molecule has 1 saturated heterocycles. The van der Waals surface area contributed by atoms with E-state index in [1.807, 2.05) is 18.2 Å². The molecule has 1 aliphatic heterocycles. The second-order valence-electron chi connectivity index (χ2n) is 5.60. The third-order valence-electron chi connectivity index (χ3n) is 3.96. The molecule has 0 spiro atoms. The summed E-state index contributed by atoms with van der Waals surface area (Å²) >= 11 is 0. The summed E-state index contributed by atoms with van der Waals surface area (Å²) in [5.41, 5.74) is 0. The smallest absolute Gasteiger partial charge is 0.326 e. The number of nitrogens with zero attached hydrogens (tertiary/aromatic N) is 2. The molecule has 1 fully saturated rings. The Morgan fingerprint density at radius 2 is 1.71 bits per heavy atom. The largest absolute Gasteiger partial charge is 0.381 e. The minimum Gasteiger partial charge on any atom is -0.381 e. The van der Waals surface area contributed by atoms with Crippen LogP contribution in [0.3, 0.4) is 0 Å². The Kier molecular flexibility index (Phi) is 3.92. The minimum absolute atomic E-state index is 0.156. The van der Waals surface area contributed by atoms with Gasteiger partial charge in [-0.25, -0.2) is 4.79 Å². The van der Waals surface area contributed by atoms with Gasteiger partial charge in [-0.2, -0.15) is 8.42 Å². The van der Waals surface area contributed by atoms with E-state index in [9.17, 15) is 18.0 Å². The van der Waals surface area contributed by atoms with Gasteiger partial charge in [0.25, 0.3) is 5.91 Å². The fourth-order valence-corrected chi connectivity index (χ4v) is 3.96. The zero-order valence-corrected chi connectivity index (χ0v) is 14.0. The zero-order chi connectivity index (χ0) is 17.5. The quantitative estimate of drug-likeness (QED) is 0.784. The SMILES string of the molecule is CN1CC(S(=O)(=O)Oc2cccc3ccccc23)C(=O)N(C)C1=O. The Bertz CT molecular complexity index is 920. The summed E-state index contributed by atoms with van der Waals surface area (Å²) < 4.78 is 30.4. The molecule has 8 heteroatoms. The zero-order valence-electron chi connectivity index (χ0n) is 13.2. The van der Waals surface area contributed by atoms with Crippen molar-refractivity contribution in [3.8, 4) is 5.75 Å². The van der Waals surface area contributed by atoms with Gasteiger partial charge in [0, 0.05) is 19.5 Å². The van der Waals surface area contributed by atoms with E-state index in [0.29, 0.717) is 5.39 Å². The predicted molar refractivity (Wildman–Crippen MR) is 88.1 cm³/mol. The number of fused-ring (bicyclic) bond motifs is 1. The van der Waals surface area contributed by atoms with Gasteiger partial charge in [-0.15, -0.1) is 0 Å². The average Bonchev–Trinajstić information content (AvgIpc) is 2.56.